The van der Waals surface area contributed by atoms with Gasteiger partial charge in [0.2, 0.25) is 0 Å². The van der Waals surface area contributed by atoms with E-state index in [0.29, 0.717) is 35.8 Å². The summed E-state index contributed by atoms with van der Waals surface area (Å²) < 4.78 is 48.9. The Balaban J connectivity index is 1.13. The summed E-state index contributed by atoms with van der Waals surface area (Å²) >= 11 is 1.12. The molecule has 10 heteroatoms. The van der Waals surface area contributed by atoms with E-state index < -0.39 is 12.2 Å². The fourth-order valence-electron chi connectivity index (χ4n) is 5.08. The van der Waals surface area contributed by atoms with Gasteiger partial charge in [0.15, 0.2) is 5.65 Å². The number of rotatable bonds is 10. The summed E-state index contributed by atoms with van der Waals surface area (Å²) in [5.74, 6) is 1.20. The molecule has 1 atom stereocenters. The number of piperidine rings is 1. The van der Waals surface area contributed by atoms with Crippen LogP contribution in [0.4, 0.5) is 13.2 Å². The van der Waals surface area contributed by atoms with Crippen LogP contribution in [0.25, 0.3) is 27.9 Å². The molecule has 2 fully saturated rings. The number of fused-ring (bicyclic) bond motifs is 1. The molecule has 0 bridgehead atoms. The molecule has 1 saturated carbocycles. The minimum Gasteiger partial charge on any atom is -0.492 e. The lowest BCUT2D eigenvalue weighted by atomic mass is 10.1. The monoisotopic (exact) mass is 555 g/mol. The molecule has 4 aromatic rings. The fourth-order valence-corrected chi connectivity index (χ4v) is 6.08. The third-order valence-corrected chi connectivity index (χ3v) is 8.52. The number of halogens is 3. The number of nitrogens with one attached hydrogen (secondary N) is 1. The minimum absolute atomic E-state index is 0.257. The molecule has 6 nitrogen and oxygen atoms in total. The Hall–Kier alpha value is -2.95. The van der Waals surface area contributed by atoms with Crippen molar-refractivity contribution in [2.75, 3.05) is 32.8 Å². The van der Waals surface area contributed by atoms with Crippen LogP contribution in [-0.4, -0.2) is 58.5 Å². The molecule has 1 aliphatic heterocycles. The van der Waals surface area contributed by atoms with Crippen molar-refractivity contribution in [3.8, 4) is 28.0 Å². The van der Waals surface area contributed by atoms with Crippen LogP contribution in [0.1, 0.15) is 43.0 Å². The molecule has 1 aliphatic carbocycles. The van der Waals surface area contributed by atoms with E-state index in [-0.39, 0.29) is 4.88 Å². The summed E-state index contributed by atoms with van der Waals surface area (Å²) in [5.41, 5.74) is 3.89. The van der Waals surface area contributed by atoms with Crippen LogP contribution in [0.15, 0.2) is 54.3 Å². The van der Waals surface area contributed by atoms with Gasteiger partial charge in [-0.1, -0.05) is 18.6 Å². The van der Waals surface area contributed by atoms with Gasteiger partial charge in [-0.2, -0.15) is 18.3 Å². The quantitative estimate of drug-likeness (QED) is 0.239. The van der Waals surface area contributed by atoms with Crippen molar-refractivity contribution in [3.05, 3.63) is 59.2 Å². The van der Waals surface area contributed by atoms with Gasteiger partial charge in [0, 0.05) is 34.9 Å². The molecule has 1 aromatic carbocycles. The highest BCUT2D eigenvalue weighted by atomic mass is 32.1. The van der Waals surface area contributed by atoms with Crippen molar-refractivity contribution in [2.45, 2.75) is 44.3 Å². The van der Waals surface area contributed by atoms with Crippen molar-refractivity contribution in [1.82, 2.24) is 24.8 Å². The second-order valence-corrected chi connectivity index (χ2v) is 11.5. The summed E-state index contributed by atoms with van der Waals surface area (Å²) in [4.78, 5) is 7.33. The molecule has 0 spiro atoms. The van der Waals surface area contributed by atoms with Gasteiger partial charge in [0.1, 0.15) is 18.4 Å². The number of hydrogen-bond donors (Lipinski definition) is 1. The molecule has 1 unspecified atom stereocenters. The van der Waals surface area contributed by atoms with Crippen molar-refractivity contribution in [1.29, 1.82) is 0 Å². The van der Waals surface area contributed by atoms with Crippen molar-refractivity contribution in [2.24, 2.45) is 5.92 Å². The van der Waals surface area contributed by atoms with Gasteiger partial charge in [-0.25, -0.2) is 9.50 Å². The third-order valence-electron chi connectivity index (χ3n) is 7.52. The number of ether oxygens (including phenoxy) is 1. The zero-order valence-electron chi connectivity index (χ0n) is 21.7. The average molecular weight is 556 g/mol. The minimum atomic E-state index is -4.35. The lowest BCUT2D eigenvalue weighted by Gasteiger charge is -2.26. The maximum absolute atomic E-state index is 13.8. The molecule has 1 N–H and O–H groups in total. The first-order valence-corrected chi connectivity index (χ1v) is 14.5. The van der Waals surface area contributed by atoms with E-state index in [9.17, 15) is 13.2 Å². The van der Waals surface area contributed by atoms with E-state index in [1.54, 1.807) is 28.4 Å². The third kappa shape index (κ3) is 6.28. The van der Waals surface area contributed by atoms with Crippen molar-refractivity contribution in [3.63, 3.8) is 0 Å². The Morgan fingerprint density at radius 1 is 1.03 bits per heavy atom. The highest BCUT2D eigenvalue weighted by Crippen LogP contribution is 2.40. The molecule has 206 valence electrons. The second-order valence-electron chi connectivity index (χ2n) is 10.5. The summed E-state index contributed by atoms with van der Waals surface area (Å²) in [5, 5.41) is 8.93. The molecule has 0 radical (unpaired) electrons. The van der Waals surface area contributed by atoms with Gasteiger partial charge in [-0.15, -0.1) is 11.3 Å². The largest absolute Gasteiger partial charge is 0.492 e. The number of likely N-dealkylation sites (tertiary alicyclic amines) is 1. The van der Waals surface area contributed by atoms with Gasteiger partial charge in [-0.05, 0) is 85.9 Å². The Morgan fingerprint density at radius 2 is 1.82 bits per heavy atom. The predicted octanol–water partition coefficient (Wildman–Crippen LogP) is 6.59. The van der Waals surface area contributed by atoms with Gasteiger partial charge in [0.05, 0.1) is 6.20 Å². The van der Waals surface area contributed by atoms with Crippen LogP contribution >= 0.6 is 11.3 Å². The molecule has 6 rings (SSSR count). The highest BCUT2D eigenvalue weighted by molar-refractivity contribution is 7.10. The van der Waals surface area contributed by atoms with E-state index in [1.165, 1.54) is 19.3 Å². The van der Waals surface area contributed by atoms with Gasteiger partial charge >= 0.3 is 6.18 Å². The Labute approximate surface area is 229 Å². The molecular formula is C29H32F3N5OS. The number of nitrogens with zero attached hydrogens (tertiary/aromatic N) is 4. The van der Waals surface area contributed by atoms with Crippen molar-refractivity contribution < 1.29 is 17.9 Å². The standard InChI is InChI=1S/C29H32F3N5OS/c30-29(31,32)27(33-15-20-4-5-20)26-14-22(19-39-26)25-17-35-37-18-23(16-34-28(25)37)21-6-8-24(9-7-21)38-13-12-36-10-2-1-3-11-36/h6-9,14,16-20,27,33H,1-5,10-13,15H2. The van der Waals surface area contributed by atoms with E-state index in [2.05, 4.69) is 20.3 Å². The first-order valence-electron chi connectivity index (χ1n) is 13.6. The van der Waals surface area contributed by atoms with Crippen LogP contribution in [0.3, 0.4) is 0 Å². The first kappa shape index (κ1) is 26.3. The maximum atomic E-state index is 13.8. The number of aromatic nitrogens is 3. The van der Waals surface area contributed by atoms with Crippen LogP contribution in [0.2, 0.25) is 0 Å². The number of thiophene rings is 1. The predicted molar refractivity (Wildman–Crippen MR) is 147 cm³/mol. The molecule has 1 saturated heterocycles. The molecule has 4 heterocycles. The van der Waals surface area contributed by atoms with E-state index in [0.717, 1.165) is 60.7 Å². The van der Waals surface area contributed by atoms with Gasteiger partial charge in [0.25, 0.3) is 0 Å². The number of hydrogen-bond acceptors (Lipinski definition) is 6. The van der Waals surface area contributed by atoms with E-state index in [4.69, 9.17) is 4.74 Å². The Bertz CT molecular complexity index is 1390. The Morgan fingerprint density at radius 3 is 2.56 bits per heavy atom. The lowest BCUT2D eigenvalue weighted by molar-refractivity contribution is -0.157. The van der Waals surface area contributed by atoms with E-state index in [1.807, 2.05) is 30.5 Å². The maximum Gasteiger partial charge on any atom is 0.408 e. The van der Waals surface area contributed by atoms with Gasteiger partial charge in [-0.3, -0.25) is 4.90 Å². The summed E-state index contributed by atoms with van der Waals surface area (Å²) in [6.07, 6.45) is 6.85. The molecule has 39 heavy (non-hydrogen) atoms. The van der Waals surface area contributed by atoms with E-state index >= 15 is 0 Å². The number of benzene rings is 1. The molecule has 0 amide bonds. The van der Waals surface area contributed by atoms with Crippen molar-refractivity contribution >= 4 is 17.0 Å². The van der Waals surface area contributed by atoms with Crippen LogP contribution in [0, 0.1) is 5.92 Å². The smallest absolute Gasteiger partial charge is 0.408 e. The van der Waals surface area contributed by atoms with Gasteiger partial charge < -0.3 is 10.1 Å². The fraction of sp³-hybridized carbons (Fsp3) is 0.448. The topological polar surface area (TPSA) is 54.7 Å². The molecule has 2 aliphatic rings. The Kier molecular flexibility index (Phi) is 7.59. The SMILES string of the molecule is FC(F)(F)C(NCC1CC1)c1cc(-c2cnn3cc(-c4ccc(OCCN5CCCCC5)cc4)cnc23)cs1. The van der Waals surface area contributed by atoms with Crippen LogP contribution < -0.4 is 10.1 Å². The lowest BCUT2D eigenvalue weighted by Crippen LogP contribution is -2.34. The highest BCUT2D eigenvalue weighted by Gasteiger charge is 2.42. The zero-order chi connectivity index (χ0) is 26.8. The molecular weight excluding hydrogens is 523 g/mol. The summed E-state index contributed by atoms with van der Waals surface area (Å²) in [7, 11) is 0. The average Bonchev–Trinajstić information content (AvgIpc) is 3.47. The first-order chi connectivity index (χ1) is 18.9. The normalized spacial score (nSPS) is 17.5. The number of alkyl halides is 3. The second kappa shape index (κ2) is 11.3. The van der Waals surface area contributed by atoms with Crippen LogP contribution in [-0.2, 0) is 0 Å². The summed E-state index contributed by atoms with van der Waals surface area (Å²) in [6, 6.07) is 7.88. The zero-order valence-corrected chi connectivity index (χ0v) is 22.5. The van der Waals surface area contributed by atoms with Crippen LogP contribution in [0.5, 0.6) is 5.75 Å². The molecule has 3 aromatic heterocycles. The summed E-state index contributed by atoms with van der Waals surface area (Å²) in [6.45, 7) is 4.33.